The summed E-state index contributed by atoms with van der Waals surface area (Å²) in [5.41, 5.74) is 17.5. The largest absolute Gasteiger partial charge is 0.370 e. The Morgan fingerprint density at radius 1 is 1.29 bits per heavy atom. The normalized spacial score (nSPS) is 20.0. The number of aromatic nitrogens is 1. The van der Waals surface area contributed by atoms with Gasteiger partial charge in [0.25, 0.3) is 0 Å². The summed E-state index contributed by atoms with van der Waals surface area (Å²) in [5, 5.41) is 3.36. The molecule has 3 unspecified atom stereocenters. The Labute approximate surface area is 167 Å². The van der Waals surface area contributed by atoms with Crippen LogP contribution in [0.3, 0.4) is 0 Å². The monoisotopic (exact) mass is 402 g/mol. The first-order valence-electron chi connectivity index (χ1n) is 9.42. The first-order valence-corrected chi connectivity index (χ1v) is 10.2. The molecule has 1 amide bonds. The summed E-state index contributed by atoms with van der Waals surface area (Å²) in [6.07, 6.45) is 2.85. The van der Waals surface area contributed by atoms with Crippen LogP contribution in [0.15, 0.2) is 29.3 Å². The molecular formula is C19H26N6O2S. The van der Waals surface area contributed by atoms with E-state index in [0.717, 1.165) is 23.1 Å². The Hall–Kier alpha value is -2.52. The fourth-order valence-corrected chi connectivity index (χ4v) is 4.43. The van der Waals surface area contributed by atoms with Crippen LogP contribution in [-0.2, 0) is 4.79 Å². The third-order valence-corrected chi connectivity index (χ3v) is 6.06. The van der Waals surface area contributed by atoms with Crippen LogP contribution in [0.4, 0.5) is 0 Å². The van der Waals surface area contributed by atoms with E-state index < -0.39 is 5.92 Å². The number of nitrogens with one attached hydrogen (secondary N) is 1. The molecule has 3 rings (SSSR count). The number of Topliss-reactive ketones (excluding diaryl/α,β-unsaturated/α-hetero) is 1. The number of benzene rings is 1. The van der Waals surface area contributed by atoms with Crippen LogP contribution >= 0.6 is 11.3 Å². The van der Waals surface area contributed by atoms with Gasteiger partial charge in [0.1, 0.15) is 0 Å². The summed E-state index contributed by atoms with van der Waals surface area (Å²) >= 11 is 1.36. The quantitative estimate of drug-likeness (QED) is 0.294. The molecule has 0 bridgehead atoms. The number of fused-ring (bicyclic) bond motifs is 1. The van der Waals surface area contributed by atoms with Gasteiger partial charge in [0, 0.05) is 24.4 Å². The number of hydrogen-bond acceptors (Lipinski definition) is 6. The van der Waals surface area contributed by atoms with Gasteiger partial charge in [-0.3, -0.25) is 14.6 Å². The maximum atomic E-state index is 13.0. The molecule has 1 aliphatic rings. The second-order valence-corrected chi connectivity index (χ2v) is 8.19. The van der Waals surface area contributed by atoms with Gasteiger partial charge in [-0.15, -0.1) is 11.3 Å². The van der Waals surface area contributed by atoms with Crippen LogP contribution in [0.2, 0.25) is 0 Å². The smallest absolute Gasteiger partial charge is 0.223 e. The molecule has 7 N–H and O–H groups in total. The summed E-state index contributed by atoms with van der Waals surface area (Å²) < 4.78 is 0.956. The van der Waals surface area contributed by atoms with Gasteiger partial charge in [0.05, 0.1) is 16.8 Å². The lowest BCUT2D eigenvalue weighted by atomic mass is 10.00. The van der Waals surface area contributed by atoms with Gasteiger partial charge < -0.3 is 22.5 Å². The second kappa shape index (κ2) is 9.11. The molecule has 0 spiro atoms. The predicted molar refractivity (Wildman–Crippen MR) is 111 cm³/mol. The highest BCUT2D eigenvalue weighted by Gasteiger charge is 2.28. The number of para-hydroxylation sites is 1. The van der Waals surface area contributed by atoms with Crippen molar-refractivity contribution in [3.05, 3.63) is 29.3 Å². The number of guanidine groups is 1. The van der Waals surface area contributed by atoms with E-state index in [9.17, 15) is 9.59 Å². The third kappa shape index (κ3) is 5.05. The van der Waals surface area contributed by atoms with Crippen molar-refractivity contribution >= 4 is 39.2 Å². The van der Waals surface area contributed by atoms with Gasteiger partial charge >= 0.3 is 0 Å². The van der Waals surface area contributed by atoms with Crippen LogP contribution in [0.5, 0.6) is 0 Å². The van der Waals surface area contributed by atoms with Crippen LogP contribution < -0.4 is 22.5 Å². The molecule has 0 radical (unpaired) electrons. The molecule has 1 aromatic carbocycles. The molecule has 2 aromatic rings. The molecule has 28 heavy (non-hydrogen) atoms. The Morgan fingerprint density at radius 2 is 2.07 bits per heavy atom. The minimum absolute atomic E-state index is 0.000904. The summed E-state index contributed by atoms with van der Waals surface area (Å²) in [6, 6.07) is 7.71. The number of thiazole rings is 1. The molecule has 3 atom stereocenters. The van der Waals surface area contributed by atoms with E-state index in [2.05, 4.69) is 15.3 Å². The lowest BCUT2D eigenvalue weighted by Gasteiger charge is -2.15. The Bertz CT molecular complexity index is 843. The number of carbonyl (C=O) groups excluding carboxylic acids is 2. The Kier molecular flexibility index (Phi) is 6.58. The van der Waals surface area contributed by atoms with E-state index in [1.807, 2.05) is 24.3 Å². The standard InChI is InChI=1S/C19H26N6O2S/c20-13-6-5-11(9-13)17(27)23-8-7-12(10-24-19(21)22)16(26)18-25-14-3-1-2-4-15(14)28-18/h1-4,11-13H,5-10,20H2,(H,23,27)(H4,21,22,24). The van der Waals surface area contributed by atoms with Crippen molar-refractivity contribution in [3.8, 4) is 0 Å². The van der Waals surface area contributed by atoms with Crippen molar-refractivity contribution < 1.29 is 9.59 Å². The minimum atomic E-state index is -0.450. The fourth-order valence-electron chi connectivity index (χ4n) is 3.44. The van der Waals surface area contributed by atoms with Gasteiger partial charge in [-0.05, 0) is 37.8 Å². The Balaban J connectivity index is 1.63. The molecular weight excluding hydrogens is 376 g/mol. The van der Waals surface area contributed by atoms with Crippen LogP contribution in [-0.4, -0.2) is 41.8 Å². The van der Waals surface area contributed by atoms with Crippen molar-refractivity contribution in [2.24, 2.45) is 34.0 Å². The van der Waals surface area contributed by atoms with Gasteiger partial charge in [-0.25, -0.2) is 4.98 Å². The van der Waals surface area contributed by atoms with Crippen molar-refractivity contribution in [2.45, 2.75) is 31.7 Å². The van der Waals surface area contributed by atoms with Gasteiger partial charge in [-0.1, -0.05) is 12.1 Å². The number of nitrogens with zero attached hydrogens (tertiary/aromatic N) is 2. The van der Waals surface area contributed by atoms with Gasteiger partial charge in [0.2, 0.25) is 5.91 Å². The highest BCUT2D eigenvalue weighted by Crippen LogP contribution is 2.26. The number of hydrogen-bond donors (Lipinski definition) is 4. The van der Waals surface area contributed by atoms with Crippen molar-refractivity contribution in [2.75, 3.05) is 13.1 Å². The zero-order valence-electron chi connectivity index (χ0n) is 15.6. The third-order valence-electron chi connectivity index (χ3n) is 5.01. The lowest BCUT2D eigenvalue weighted by Crippen LogP contribution is -2.33. The summed E-state index contributed by atoms with van der Waals surface area (Å²) in [6.45, 7) is 0.549. The molecule has 9 heteroatoms. The SMILES string of the molecule is NC(N)=NCC(CCNC(=O)C1CCC(N)C1)C(=O)c1nc2ccccc2s1. The number of ketones is 1. The predicted octanol–water partition coefficient (Wildman–Crippen LogP) is 1.00. The average molecular weight is 403 g/mol. The van der Waals surface area contributed by atoms with Crippen LogP contribution in [0.25, 0.3) is 10.2 Å². The Morgan fingerprint density at radius 3 is 2.75 bits per heavy atom. The molecule has 1 heterocycles. The van der Waals surface area contributed by atoms with E-state index in [1.54, 1.807) is 0 Å². The fraction of sp³-hybridized carbons (Fsp3) is 0.474. The van der Waals surface area contributed by atoms with Crippen molar-refractivity contribution in [1.29, 1.82) is 0 Å². The highest BCUT2D eigenvalue weighted by atomic mass is 32.1. The zero-order chi connectivity index (χ0) is 20.1. The van der Waals surface area contributed by atoms with Crippen LogP contribution in [0, 0.1) is 11.8 Å². The minimum Gasteiger partial charge on any atom is -0.370 e. The second-order valence-electron chi connectivity index (χ2n) is 7.16. The topological polar surface area (TPSA) is 149 Å². The molecule has 0 aliphatic heterocycles. The van der Waals surface area contributed by atoms with E-state index in [-0.39, 0.29) is 36.2 Å². The van der Waals surface area contributed by atoms with E-state index in [0.29, 0.717) is 24.4 Å². The average Bonchev–Trinajstić information content (AvgIpc) is 3.29. The highest BCUT2D eigenvalue weighted by molar-refractivity contribution is 7.20. The van der Waals surface area contributed by atoms with E-state index in [1.165, 1.54) is 11.3 Å². The molecule has 1 aromatic heterocycles. The summed E-state index contributed by atoms with van der Waals surface area (Å²) in [4.78, 5) is 33.7. The molecule has 0 saturated heterocycles. The number of nitrogens with two attached hydrogens (primary N) is 3. The van der Waals surface area contributed by atoms with Crippen molar-refractivity contribution in [3.63, 3.8) is 0 Å². The molecule has 1 saturated carbocycles. The molecule has 8 nitrogen and oxygen atoms in total. The summed E-state index contributed by atoms with van der Waals surface area (Å²) in [5.74, 6) is -0.657. The van der Waals surface area contributed by atoms with E-state index in [4.69, 9.17) is 17.2 Å². The lowest BCUT2D eigenvalue weighted by molar-refractivity contribution is -0.124. The van der Waals surface area contributed by atoms with Crippen molar-refractivity contribution in [1.82, 2.24) is 10.3 Å². The number of carbonyl (C=O) groups is 2. The molecule has 150 valence electrons. The maximum absolute atomic E-state index is 13.0. The number of rotatable bonds is 8. The molecule has 1 fully saturated rings. The number of aliphatic imine (C=N–C) groups is 1. The van der Waals surface area contributed by atoms with Gasteiger partial charge in [0.15, 0.2) is 16.8 Å². The maximum Gasteiger partial charge on any atom is 0.223 e. The first kappa shape index (κ1) is 20.2. The summed E-state index contributed by atoms with van der Waals surface area (Å²) in [7, 11) is 0. The van der Waals surface area contributed by atoms with Crippen LogP contribution in [0.1, 0.15) is 35.5 Å². The zero-order valence-corrected chi connectivity index (χ0v) is 16.5. The molecule has 1 aliphatic carbocycles. The first-order chi connectivity index (χ1) is 13.4. The van der Waals surface area contributed by atoms with Gasteiger partial charge in [-0.2, -0.15) is 0 Å². The number of amides is 1. The van der Waals surface area contributed by atoms with E-state index >= 15 is 0 Å².